The summed E-state index contributed by atoms with van der Waals surface area (Å²) in [4.78, 5) is 22.8. The van der Waals surface area contributed by atoms with Gasteiger partial charge in [0.05, 0.1) is 0 Å². The van der Waals surface area contributed by atoms with Crippen LogP contribution < -0.4 is 5.32 Å². The summed E-state index contributed by atoms with van der Waals surface area (Å²) in [7, 11) is 0. The molecule has 1 heterocycles. The van der Waals surface area contributed by atoms with Crippen molar-refractivity contribution in [3.05, 3.63) is 12.3 Å². The first-order valence-electron chi connectivity index (χ1n) is 7.52. The summed E-state index contributed by atoms with van der Waals surface area (Å²) in [5.41, 5.74) is 0. The van der Waals surface area contributed by atoms with Crippen molar-refractivity contribution in [3.63, 3.8) is 0 Å². The molecule has 0 unspecified atom stereocenters. The summed E-state index contributed by atoms with van der Waals surface area (Å²) >= 11 is 0. The highest BCUT2D eigenvalue weighted by molar-refractivity contribution is 5.91. The lowest BCUT2D eigenvalue weighted by atomic mass is 9.77. The minimum atomic E-state index is -0.956. The van der Waals surface area contributed by atoms with E-state index in [0.29, 0.717) is 11.7 Å². The number of nitrogens with zero attached hydrogens (tertiary/aromatic N) is 2. The van der Waals surface area contributed by atoms with E-state index in [-0.39, 0.29) is 18.4 Å². The standard InChI is InChI=1S/C15H23N3O3/c1-10(2)11-3-5-12(6-4-11)15(21)16-13-7-8-18(17-13)9-14(19)20/h7-8,10-12H,3-6,9H2,1-2H3,(H,19,20)(H,16,17,21). The van der Waals surface area contributed by atoms with Crippen LogP contribution in [0.2, 0.25) is 0 Å². The van der Waals surface area contributed by atoms with Crippen LogP contribution in [0.1, 0.15) is 39.5 Å². The van der Waals surface area contributed by atoms with Crippen LogP contribution in [0.5, 0.6) is 0 Å². The van der Waals surface area contributed by atoms with Crippen molar-refractivity contribution < 1.29 is 14.7 Å². The first kappa shape index (κ1) is 15.5. The highest BCUT2D eigenvalue weighted by Crippen LogP contribution is 2.33. The Morgan fingerprint density at radius 1 is 1.38 bits per heavy atom. The van der Waals surface area contributed by atoms with Crippen LogP contribution in [0.4, 0.5) is 5.82 Å². The van der Waals surface area contributed by atoms with Crippen LogP contribution in [0.3, 0.4) is 0 Å². The molecule has 1 aliphatic carbocycles. The lowest BCUT2D eigenvalue weighted by Crippen LogP contribution is -2.28. The summed E-state index contributed by atoms with van der Waals surface area (Å²) in [5, 5.41) is 15.5. The summed E-state index contributed by atoms with van der Waals surface area (Å²) in [6.07, 6.45) is 5.60. The third-order valence-corrected chi connectivity index (χ3v) is 4.27. The highest BCUT2D eigenvalue weighted by Gasteiger charge is 2.27. The molecule has 1 aromatic heterocycles. The number of carboxylic acid groups (broad SMARTS) is 1. The van der Waals surface area contributed by atoms with E-state index < -0.39 is 5.97 Å². The zero-order valence-corrected chi connectivity index (χ0v) is 12.6. The fourth-order valence-electron chi connectivity index (χ4n) is 2.93. The maximum absolute atomic E-state index is 12.2. The van der Waals surface area contributed by atoms with Gasteiger partial charge in [-0.05, 0) is 37.5 Å². The molecule has 1 amide bonds. The number of hydrogen-bond acceptors (Lipinski definition) is 3. The molecule has 116 valence electrons. The molecule has 0 saturated heterocycles. The minimum Gasteiger partial charge on any atom is -0.480 e. The Labute approximate surface area is 124 Å². The first-order valence-corrected chi connectivity index (χ1v) is 7.52. The Hall–Kier alpha value is -1.85. The van der Waals surface area contributed by atoms with E-state index in [1.165, 1.54) is 4.68 Å². The van der Waals surface area contributed by atoms with Gasteiger partial charge in [-0.2, -0.15) is 5.10 Å². The quantitative estimate of drug-likeness (QED) is 0.873. The molecule has 1 saturated carbocycles. The summed E-state index contributed by atoms with van der Waals surface area (Å²) in [5.74, 6) is 0.919. The number of hydrogen-bond donors (Lipinski definition) is 2. The third-order valence-electron chi connectivity index (χ3n) is 4.27. The maximum atomic E-state index is 12.2. The average molecular weight is 293 g/mol. The van der Waals surface area contributed by atoms with Crippen molar-refractivity contribution >= 4 is 17.7 Å². The molecule has 0 atom stereocenters. The number of nitrogens with one attached hydrogen (secondary N) is 1. The van der Waals surface area contributed by atoms with Crippen LogP contribution in [-0.2, 0) is 16.1 Å². The maximum Gasteiger partial charge on any atom is 0.325 e. The van der Waals surface area contributed by atoms with Crippen LogP contribution in [0, 0.1) is 17.8 Å². The van der Waals surface area contributed by atoms with Gasteiger partial charge in [0.25, 0.3) is 0 Å². The van der Waals surface area contributed by atoms with Crippen LogP contribution >= 0.6 is 0 Å². The topological polar surface area (TPSA) is 84.2 Å². The number of amides is 1. The molecule has 6 heteroatoms. The molecule has 2 rings (SSSR count). The molecule has 0 radical (unpaired) electrons. The Morgan fingerprint density at radius 2 is 2.05 bits per heavy atom. The zero-order chi connectivity index (χ0) is 15.4. The smallest absolute Gasteiger partial charge is 0.325 e. The zero-order valence-electron chi connectivity index (χ0n) is 12.6. The second kappa shape index (κ2) is 6.74. The van der Waals surface area contributed by atoms with E-state index in [1.807, 2.05) is 0 Å². The fourth-order valence-corrected chi connectivity index (χ4v) is 2.93. The van der Waals surface area contributed by atoms with Gasteiger partial charge in [-0.25, -0.2) is 0 Å². The van der Waals surface area contributed by atoms with E-state index in [2.05, 4.69) is 24.3 Å². The monoisotopic (exact) mass is 293 g/mol. The molecule has 0 aromatic carbocycles. The molecular formula is C15H23N3O3. The Bertz CT molecular complexity index is 502. The first-order chi connectivity index (χ1) is 9.95. The Kier molecular flexibility index (Phi) is 4.98. The van der Waals surface area contributed by atoms with Gasteiger partial charge in [-0.3, -0.25) is 14.3 Å². The van der Waals surface area contributed by atoms with Crippen molar-refractivity contribution in [3.8, 4) is 0 Å². The van der Waals surface area contributed by atoms with Gasteiger partial charge < -0.3 is 10.4 Å². The molecule has 0 bridgehead atoms. The number of anilines is 1. The number of carbonyl (C=O) groups is 2. The lowest BCUT2D eigenvalue weighted by Gasteiger charge is -2.29. The molecule has 6 nitrogen and oxygen atoms in total. The van der Waals surface area contributed by atoms with Crippen LogP contribution in [0.15, 0.2) is 12.3 Å². The van der Waals surface area contributed by atoms with Gasteiger partial charge in [-0.1, -0.05) is 13.8 Å². The predicted molar refractivity (Wildman–Crippen MR) is 78.8 cm³/mol. The summed E-state index contributed by atoms with van der Waals surface area (Å²) < 4.78 is 1.30. The Balaban J connectivity index is 1.84. The molecule has 1 fully saturated rings. The van der Waals surface area contributed by atoms with Gasteiger partial charge in [0, 0.05) is 18.2 Å². The van der Waals surface area contributed by atoms with Gasteiger partial charge >= 0.3 is 5.97 Å². The largest absolute Gasteiger partial charge is 0.480 e. The van der Waals surface area contributed by atoms with E-state index in [9.17, 15) is 9.59 Å². The Morgan fingerprint density at radius 3 is 2.62 bits per heavy atom. The second-order valence-electron chi connectivity index (χ2n) is 6.14. The van der Waals surface area contributed by atoms with Crippen LogP contribution in [-0.4, -0.2) is 26.8 Å². The van der Waals surface area contributed by atoms with Crippen molar-refractivity contribution in [1.29, 1.82) is 0 Å². The SMILES string of the molecule is CC(C)C1CCC(C(=O)Nc2ccn(CC(=O)O)n2)CC1. The summed E-state index contributed by atoms with van der Waals surface area (Å²) in [6.45, 7) is 4.27. The average Bonchev–Trinajstić information content (AvgIpc) is 2.85. The molecule has 1 aromatic rings. The van der Waals surface area contributed by atoms with Crippen molar-refractivity contribution in [1.82, 2.24) is 9.78 Å². The van der Waals surface area contributed by atoms with Crippen molar-refractivity contribution in [2.75, 3.05) is 5.32 Å². The highest BCUT2D eigenvalue weighted by atomic mass is 16.4. The summed E-state index contributed by atoms with van der Waals surface area (Å²) in [6, 6.07) is 1.63. The fraction of sp³-hybridized carbons (Fsp3) is 0.667. The number of carbonyl (C=O) groups excluding carboxylic acids is 1. The third kappa shape index (κ3) is 4.31. The van der Waals surface area contributed by atoms with Gasteiger partial charge in [0.1, 0.15) is 6.54 Å². The normalized spacial score (nSPS) is 22.2. The number of carboxylic acids is 1. The van der Waals surface area contributed by atoms with Gasteiger partial charge in [0.2, 0.25) is 5.91 Å². The van der Waals surface area contributed by atoms with Crippen LogP contribution in [0.25, 0.3) is 0 Å². The molecule has 2 N–H and O–H groups in total. The lowest BCUT2D eigenvalue weighted by molar-refractivity contribution is -0.137. The predicted octanol–water partition coefficient (Wildman–Crippen LogP) is 2.37. The molecule has 21 heavy (non-hydrogen) atoms. The van der Waals surface area contributed by atoms with E-state index in [1.54, 1.807) is 12.3 Å². The second-order valence-corrected chi connectivity index (χ2v) is 6.14. The van der Waals surface area contributed by atoms with E-state index in [4.69, 9.17) is 5.11 Å². The number of aliphatic carboxylic acids is 1. The number of rotatable bonds is 5. The van der Waals surface area contributed by atoms with Crippen molar-refractivity contribution in [2.24, 2.45) is 17.8 Å². The molecular weight excluding hydrogens is 270 g/mol. The molecule has 0 spiro atoms. The van der Waals surface area contributed by atoms with Gasteiger partial charge in [-0.15, -0.1) is 0 Å². The molecule has 0 aliphatic heterocycles. The molecule has 1 aliphatic rings. The van der Waals surface area contributed by atoms with Crippen molar-refractivity contribution in [2.45, 2.75) is 46.1 Å². The van der Waals surface area contributed by atoms with Gasteiger partial charge in [0.15, 0.2) is 5.82 Å². The van der Waals surface area contributed by atoms with E-state index >= 15 is 0 Å². The van der Waals surface area contributed by atoms with E-state index in [0.717, 1.165) is 31.6 Å². The number of aromatic nitrogens is 2. The minimum absolute atomic E-state index is 0.00205.